The number of hydrogen-bond acceptors (Lipinski definition) is 14. The van der Waals surface area contributed by atoms with Gasteiger partial charge in [0.25, 0.3) is 0 Å². The van der Waals surface area contributed by atoms with Crippen LogP contribution in [-0.4, -0.2) is 165 Å². The van der Waals surface area contributed by atoms with Gasteiger partial charge in [-0.05, 0) is 23.1 Å². The smallest absolute Gasteiger partial charge is 0.305 e. The Labute approximate surface area is 452 Å². The quantitative estimate of drug-likeness (QED) is 0.0301. The van der Waals surface area contributed by atoms with Crippen LogP contribution in [0.15, 0.2) is 91.0 Å². The number of carbonyl (C=O) groups excluding carboxylic acids is 1. The third-order valence-electron chi connectivity index (χ3n) is 12.3. The summed E-state index contributed by atoms with van der Waals surface area (Å²) >= 11 is 0. The highest BCUT2D eigenvalue weighted by atomic mass is 16.6. The highest BCUT2D eigenvalue weighted by Gasteiger charge is 2.37. The topological polar surface area (TPSA) is 137 Å². The predicted octanol–water partition coefficient (Wildman–Crippen LogP) is 11.0. The Morgan fingerprint density at radius 1 is 0.293 bits per heavy atom. The highest BCUT2D eigenvalue weighted by molar-refractivity contribution is 5.69. The number of carbonyl (C=O) groups is 1. The Morgan fingerprint density at radius 2 is 0.520 bits per heavy atom. The minimum atomic E-state index is -0.758. The van der Waals surface area contributed by atoms with Gasteiger partial charge < -0.3 is 61.6 Å². The SMILES string of the molecule is CCCCCCCCCCCCCCCCCC(=O)OCCOCCOCCOCCOCCOCCOCCOCCOCCOCCOCCOCCOC(c1ccccc1)(c1ccccc1)c1ccccc1. The Morgan fingerprint density at radius 3 is 0.787 bits per heavy atom. The van der Waals surface area contributed by atoms with Gasteiger partial charge in [0.15, 0.2) is 0 Å². The minimum absolute atomic E-state index is 0.133. The van der Waals surface area contributed by atoms with E-state index in [9.17, 15) is 4.79 Å². The molecule has 75 heavy (non-hydrogen) atoms. The second-order valence-corrected chi connectivity index (χ2v) is 18.3. The summed E-state index contributed by atoms with van der Waals surface area (Å²) in [6.45, 7) is 13.4. The molecule has 14 nitrogen and oxygen atoms in total. The predicted molar refractivity (Wildman–Crippen MR) is 295 cm³/mol. The fourth-order valence-electron chi connectivity index (χ4n) is 8.25. The Bertz CT molecular complexity index is 1540. The van der Waals surface area contributed by atoms with E-state index in [2.05, 4.69) is 43.3 Å². The average molecular weight is 1060 g/mol. The van der Waals surface area contributed by atoms with Crippen molar-refractivity contribution in [1.29, 1.82) is 0 Å². The van der Waals surface area contributed by atoms with Gasteiger partial charge in [0.2, 0.25) is 0 Å². The highest BCUT2D eigenvalue weighted by Crippen LogP contribution is 2.40. The molecular formula is C61H98O14. The summed E-state index contributed by atoms with van der Waals surface area (Å²) in [6, 6.07) is 31.0. The molecule has 0 fully saturated rings. The molecule has 0 atom stereocenters. The van der Waals surface area contributed by atoms with Crippen LogP contribution in [0.3, 0.4) is 0 Å². The van der Waals surface area contributed by atoms with Gasteiger partial charge in [-0.15, -0.1) is 0 Å². The molecule has 3 rings (SSSR count). The van der Waals surface area contributed by atoms with Crippen molar-refractivity contribution in [2.75, 3.05) is 159 Å². The maximum Gasteiger partial charge on any atom is 0.305 e. The van der Waals surface area contributed by atoms with Gasteiger partial charge in [-0.25, -0.2) is 0 Å². The first-order valence-corrected chi connectivity index (χ1v) is 28.6. The van der Waals surface area contributed by atoms with E-state index in [1.807, 2.05) is 54.6 Å². The number of hydrogen-bond donors (Lipinski definition) is 0. The van der Waals surface area contributed by atoms with Crippen LogP contribution in [0.2, 0.25) is 0 Å². The van der Waals surface area contributed by atoms with Gasteiger partial charge in [-0.1, -0.05) is 188 Å². The van der Waals surface area contributed by atoms with Crippen molar-refractivity contribution < 1.29 is 66.4 Å². The van der Waals surface area contributed by atoms with E-state index >= 15 is 0 Å². The second-order valence-electron chi connectivity index (χ2n) is 18.3. The monoisotopic (exact) mass is 1050 g/mol. The minimum Gasteiger partial charge on any atom is -0.463 e. The fraction of sp³-hybridized carbons (Fsp3) is 0.689. The van der Waals surface area contributed by atoms with Gasteiger partial charge in [-0.3, -0.25) is 4.79 Å². The lowest BCUT2D eigenvalue weighted by atomic mass is 9.80. The van der Waals surface area contributed by atoms with E-state index in [0.29, 0.717) is 158 Å². The standard InChI is InChI=1S/C61H98O14/c1-2-3-4-5-6-7-8-9-10-11-12-13-14-15-25-32-60(62)74-55-53-72-51-49-70-47-45-68-43-41-66-39-37-64-35-33-63-34-36-65-38-40-67-42-44-69-46-48-71-50-52-73-54-56-75-61(57-26-19-16-20-27-57,58-28-21-17-22-29-58)59-30-23-18-24-31-59/h16-24,26-31H,2-15,25,32-56H2,1H3. The van der Waals surface area contributed by atoms with Crippen molar-refractivity contribution in [2.24, 2.45) is 0 Å². The van der Waals surface area contributed by atoms with Gasteiger partial charge in [0.05, 0.1) is 152 Å². The summed E-state index contributed by atoms with van der Waals surface area (Å²) in [5.41, 5.74) is 2.44. The van der Waals surface area contributed by atoms with Gasteiger partial charge >= 0.3 is 5.97 Å². The molecule has 3 aromatic carbocycles. The summed E-state index contributed by atoms with van der Waals surface area (Å²) in [5, 5.41) is 0. The first-order valence-electron chi connectivity index (χ1n) is 28.6. The fourth-order valence-corrected chi connectivity index (χ4v) is 8.25. The maximum atomic E-state index is 12.0. The summed E-state index contributed by atoms with van der Waals surface area (Å²) in [6.07, 6.45) is 20.2. The van der Waals surface area contributed by atoms with Crippen molar-refractivity contribution in [3.8, 4) is 0 Å². The Kier molecular flexibility index (Phi) is 44.1. The average Bonchev–Trinajstić information content (AvgIpc) is 3.44. The van der Waals surface area contributed by atoms with Crippen LogP contribution in [0.1, 0.15) is 126 Å². The lowest BCUT2D eigenvalue weighted by Crippen LogP contribution is -2.34. The van der Waals surface area contributed by atoms with E-state index < -0.39 is 5.60 Å². The van der Waals surface area contributed by atoms with Crippen molar-refractivity contribution in [1.82, 2.24) is 0 Å². The summed E-state index contributed by atoms with van der Waals surface area (Å²) in [7, 11) is 0. The number of benzene rings is 3. The number of ether oxygens (including phenoxy) is 13. The Balaban J connectivity index is 0.943. The van der Waals surface area contributed by atoms with E-state index in [1.165, 1.54) is 83.5 Å². The summed E-state index contributed by atoms with van der Waals surface area (Å²) in [4.78, 5) is 12.0. The van der Waals surface area contributed by atoms with Crippen LogP contribution in [0.25, 0.3) is 0 Å². The van der Waals surface area contributed by atoms with Crippen molar-refractivity contribution >= 4 is 5.97 Å². The number of rotatable bonds is 56. The normalized spacial score (nSPS) is 11.7. The van der Waals surface area contributed by atoms with Gasteiger partial charge in [-0.2, -0.15) is 0 Å². The second kappa shape index (κ2) is 50.2. The van der Waals surface area contributed by atoms with Crippen molar-refractivity contribution in [3.63, 3.8) is 0 Å². The van der Waals surface area contributed by atoms with Crippen LogP contribution in [0.5, 0.6) is 0 Å². The molecular weight excluding hydrogens is 957 g/mol. The van der Waals surface area contributed by atoms with E-state index in [-0.39, 0.29) is 12.6 Å². The van der Waals surface area contributed by atoms with Crippen molar-refractivity contribution in [3.05, 3.63) is 108 Å². The summed E-state index contributed by atoms with van der Waals surface area (Å²) < 4.78 is 73.5. The first-order chi connectivity index (χ1) is 37.3. The molecule has 0 spiro atoms. The molecule has 0 aliphatic heterocycles. The lowest BCUT2D eigenvalue weighted by Gasteiger charge is -2.36. The van der Waals surface area contributed by atoms with Crippen LogP contribution in [0.4, 0.5) is 0 Å². The van der Waals surface area contributed by atoms with Crippen LogP contribution >= 0.6 is 0 Å². The van der Waals surface area contributed by atoms with Gasteiger partial charge in [0.1, 0.15) is 12.2 Å². The van der Waals surface area contributed by atoms with E-state index in [1.54, 1.807) is 0 Å². The third-order valence-corrected chi connectivity index (χ3v) is 12.3. The van der Waals surface area contributed by atoms with Crippen LogP contribution in [-0.2, 0) is 72.0 Å². The molecule has 0 aliphatic rings. The lowest BCUT2D eigenvalue weighted by molar-refractivity contribution is -0.145. The zero-order chi connectivity index (χ0) is 52.9. The number of unbranched alkanes of at least 4 members (excludes halogenated alkanes) is 14. The Hall–Kier alpha value is -3.35. The first kappa shape index (κ1) is 65.9. The largest absolute Gasteiger partial charge is 0.463 e. The van der Waals surface area contributed by atoms with Crippen molar-refractivity contribution in [2.45, 2.75) is 115 Å². The van der Waals surface area contributed by atoms with E-state index in [0.717, 1.165) is 29.5 Å². The van der Waals surface area contributed by atoms with E-state index in [4.69, 9.17) is 61.6 Å². The van der Waals surface area contributed by atoms with Gasteiger partial charge in [0, 0.05) is 6.42 Å². The molecule has 14 heteroatoms. The molecule has 426 valence electrons. The molecule has 0 aliphatic carbocycles. The summed E-state index contributed by atoms with van der Waals surface area (Å²) in [5.74, 6) is -0.133. The molecule has 3 aromatic rings. The molecule has 0 saturated heterocycles. The molecule has 0 saturated carbocycles. The molecule has 0 unspecified atom stereocenters. The third kappa shape index (κ3) is 35.6. The molecule has 0 amide bonds. The van der Waals surface area contributed by atoms with Crippen LogP contribution < -0.4 is 0 Å². The van der Waals surface area contributed by atoms with Crippen LogP contribution in [0, 0.1) is 0 Å². The molecule has 0 aromatic heterocycles. The molecule has 0 bridgehead atoms. The zero-order valence-corrected chi connectivity index (χ0v) is 46.2. The molecule has 0 radical (unpaired) electrons. The maximum absolute atomic E-state index is 12.0. The number of esters is 1. The zero-order valence-electron chi connectivity index (χ0n) is 46.2. The molecule has 0 heterocycles. The molecule has 0 N–H and O–H groups in total.